The standard InChI is InChI=1S/C7H12I2/c8-5-6-1-3-7(9)4-2-6/h6-7H,1-5H2. The molecule has 1 aliphatic rings. The maximum atomic E-state index is 2.58. The second-order valence-corrected chi connectivity index (χ2v) is 5.41. The van der Waals surface area contributed by atoms with Crippen LogP contribution in [0.15, 0.2) is 0 Å². The third kappa shape index (κ3) is 2.91. The summed E-state index contributed by atoms with van der Waals surface area (Å²) in [4.78, 5) is 0. The predicted octanol–water partition coefficient (Wildman–Crippen LogP) is 3.42. The van der Waals surface area contributed by atoms with Gasteiger partial charge in [0.15, 0.2) is 0 Å². The predicted molar refractivity (Wildman–Crippen MR) is 58.7 cm³/mol. The molecule has 0 heterocycles. The van der Waals surface area contributed by atoms with E-state index in [4.69, 9.17) is 0 Å². The average molecular weight is 350 g/mol. The first-order valence-corrected chi connectivity index (χ1v) is 6.30. The molecule has 0 aromatic heterocycles. The van der Waals surface area contributed by atoms with E-state index in [1.807, 2.05) is 0 Å². The monoisotopic (exact) mass is 350 g/mol. The molecule has 0 N–H and O–H groups in total. The van der Waals surface area contributed by atoms with Crippen molar-refractivity contribution in [1.82, 2.24) is 0 Å². The van der Waals surface area contributed by atoms with Gasteiger partial charge in [-0.25, -0.2) is 0 Å². The maximum absolute atomic E-state index is 2.58. The molecule has 1 saturated carbocycles. The molecule has 0 atom stereocenters. The van der Waals surface area contributed by atoms with Crippen molar-refractivity contribution in [2.75, 3.05) is 4.43 Å². The van der Waals surface area contributed by atoms with E-state index in [9.17, 15) is 0 Å². The molecule has 0 aromatic carbocycles. The number of halogens is 2. The Hall–Kier alpha value is 1.46. The summed E-state index contributed by atoms with van der Waals surface area (Å²) in [5.74, 6) is 1.05. The highest BCUT2D eigenvalue weighted by atomic mass is 127. The zero-order chi connectivity index (χ0) is 6.69. The van der Waals surface area contributed by atoms with Crippen LogP contribution >= 0.6 is 45.2 Å². The highest BCUT2D eigenvalue weighted by Gasteiger charge is 2.17. The van der Waals surface area contributed by atoms with Gasteiger partial charge in [-0.3, -0.25) is 0 Å². The number of hydrogen-bond acceptors (Lipinski definition) is 0. The molecule has 1 aliphatic carbocycles. The number of hydrogen-bond donors (Lipinski definition) is 0. The highest BCUT2D eigenvalue weighted by molar-refractivity contribution is 14.1. The van der Waals surface area contributed by atoms with E-state index in [1.54, 1.807) is 0 Å². The van der Waals surface area contributed by atoms with Crippen molar-refractivity contribution in [3.63, 3.8) is 0 Å². The topological polar surface area (TPSA) is 0 Å². The van der Waals surface area contributed by atoms with Crippen LogP contribution in [-0.2, 0) is 0 Å². The molecule has 9 heavy (non-hydrogen) atoms. The van der Waals surface area contributed by atoms with E-state index in [1.165, 1.54) is 30.1 Å². The van der Waals surface area contributed by atoms with Crippen molar-refractivity contribution in [1.29, 1.82) is 0 Å². The Labute approximate surface area is 84.4 Å². The van der Waals surface area contributed by atoms with Gasteiger partial charge in [-0.15, -0.1) is 0 Å². The average Bonchev–Trinajstić information content (AvgIpc) is 1.90. The van der Waals surface area contributed by atoms with Gasteiger partial charge in [0, 0.05) is 8.35 Å². The molecule has 0 aliphatic heterocycles. The fourth-order valence-corrected chi connectivity index (χ4v) is 2.88. The van der Waals surface area contributed by atoms with E-state index < -0.39 is 0 Å². The van der Waals surface area contributed by atoms with E-state index in [0.29, 0.717) is 0 Å². The van der Waals surface area contributed by atoms with Gasteiger partial charge in [-0.1, -0.05) is 45.2 Å². The summed E-state index contributed by atoms with van der Waals surface area (Å²) in [7, 11) is 0. The molecule has 0 spiro atoms. The summed E-state index contributed by atoms with van der Waals surface area (Å²) >= 11 is 5.09. The van der Waals surface area contributed by atoms with Gasteiger partial charge in [0.2, 0.25) is 0 Å². The lowest BCUT2D eigenvalue weighted by Crippen LogP contribution is -2.14. The van der Waals surface area contributed by atoms with Gasteiger partial charge in [0.25, 0.3) is 0 Å². The van der Waals surface area contributed by atoms with Crippen LogP contribution in [0.25, 0.3) is 0 Å². The molecule has 0 bridgehead atoms. The maximum Gasteiger partial charge on any atom is 0.0110 e. The lowest BCUT2D eigenvalue weighted by Gasteiger charge is -2.22. The molecular weight excluding hydrogens is 338 g/mol. The first-order chi connectivity index (χ1) is 4.33. The quantitative estimate of drug-likeness (QED) is 0.502. The third-order valence-electron chi connectivity index (χ3n) is 1.99. The first kappa shape index (κ1) is 8.56. The van der Waals surface area contributed by atoms with Gasteiger partial charge in [-0.2, -0.15) is 0 Å². The van der Waals surface area contributed by atoms with Crippen molar-refractivity contribution >= 4 is 45.2 Å². The Morgan fingerprint density at radius 3 is 2.11 bits per heavy atom. The van der Waals surface area contributed by atoms with Crippen molar-refractivity contribution < 1.29 is 0 Å². The summed E-state index contributed by atoms with van der Waals surface area (Å²) in [5.41, 5.74) is 0. The van der Waals surface area contributed by atoms with Crippen molar-refractivity contribution in [3.8, 4) is 0 Å². The summed E-state index contributed by atoms with van der Waals surface area (Å²) in [6, 6.07) is 0. The normalized spacial score (nSPS) is 36.7. The minimum atomic E-state index is 0.988. The molecule has 0 amide bonds. The van der Waals surface area contributed by atoms with E-state index in [-0.39, 0.29) is 0 Å². The van der Waals surface area contributed by atoms with E-state index in [0.717, 1.165) is 9.84 Å². The Bertz CT molecular complexity index is 75.0. The summed E-state index contributed by atoms with van der Waals surface area (Å²) < 4.78 is 2.36. The lowest BCUT2D eigenvalue weighted by molar-refractivity contribution is 0.410. The molecule has 0 nitrogen and oxygen atoms in total. The van der Waals surface area contributed by atoms with Crippen LogP contribution in [0.4, 0.5) is 0 Å². The fraction of sp³-hybridized carbons (Fsp3) is 1.00. The molecule has 0 aromatic rings. The molecule has 1 rings (SSSR count). The highest BCUT2D eigenvalue weighted by Crippen LogP contribution is 2.29. The van der Waals surface area contributed by atoms with Gasteiger partial charge < -0.3 is 0 Å². The first-order valence-electron chi connectivity index (χ1n) is 3.53. The van der Waals surface area contributed by atoms with Crippen LogP contribution in [0.3, 0.4) is 0 Å². The molecule has 0 radical (unpaired) electrons. The molecule has 54 valence electrons. The van der Waals surface area contributed by atoms with Crippen LogP contribution in [-0.4, -0.2) is 8.35 Å². The van der Waals surface area contributed by atoms with Crippen LogP contribution in [0.5, 0.6) is 0 Å². The third-order valence-corrected chi connectivity index (χ3v) is 4.49. The summed E-state index contributed by atoms with van der Waals surface area (Å²) in [6.07, 6.45) is 5.90. The van der Waals surface area contributed by atoms with Crippen molar-refractivity contribution in [3.05, 3.63) is 0 Å². The Balaban J connectivity index is 2.18. The SMILES string of the molecule is ICC1CCC(I)CC1. The lowest BCUT2D eigenvalue weighted by atomic mass is 9.91. The largest absolute Gasteiger partial charge is 0.0861 e. The van der Waals surface area contributed by atoms with E-state index in [2.05, 4.69) is 45.2 Å². The number of rotatable bonds is 1. The number of alkyl halides is 2. The zero-order valence-electron chi connectivity index (χ0n) is 5.45. The van der Waals surface area contributed by atoms with E-state index >= 15 is 0 Å². The van der Waals surface area contributed by atoms with Gasteiger partial charge >= 0.3 is 0 Å². The van der Waals surface area contributed by atoms with Gasteiger partial charge in [0.05, 0.1) is 0 Å². The fourth-order valence-electron chi connectivity index (χ4n) is 1.28. The Kier molecular flexibility index (Phi) is 4.15. The second kappa shape index (κ2) is 4.36. The van der Waals surface area contributed by atoms with Gasteiger partial charge in [-0.05, 0) is 31.6 Å². The summed E-state index contributed by atoms with van der Waals surface area (Å²) in [5, 5.41) is 0. The summed E-state index contributed by atoms with van der Waals surface area (Å²) in [6.45, 7) is 0. The van der Waals surface area contributed by atoms with Crippen molar-refractivity contribution in [2.24, 2.45) is 5.92 Å². The molecular formula is C7H12I2. The molecule has 0 saturated heterocycles. The van der Waals surface area contributed by atoms with Gasteiger partial charge in [0.1, 0.15) is 0 Å². The smallest absolute Gasteiger partial charge is 0.0110 e. The zero-order valence-corrected chi connectivity index (χ0v) is 9.76. The van der Waals surface area contributed by atoms with Crippen LogP contribution in [0.2, 0.25) is 0 Å². The van der Waals surface area contributed by atoms with Crippen molar-refractivity contribution in [2.45, 2.75) is 29.6 Å². The molecule has 1 fully saturated rings. The second-order valence-electron chi connectivity index (χ2n) is 2.77. The Morgan fingerprint density at radius 1 is 1.11 bits per heavy atom. The van der Waals surface area contributed by atoms with Crippen LogP contribution in [0, 0.1) is 5.92 Å². The van der Waals surface area contributed by atoms with Crippen LogP contribution < -0.4 is 0 Å². The minimum absolute atomic E-state index is 0.988. The Morgan fingerprint density at radius 2 is 1.67 bits per heavy atom. The minimum Gasteiger partial charge on any atom is -0.0861 e. The molecule has 0 unspecified atom stereocenters. The van der Waals surface area contributed by atoms with Crippen LogP contribution in [0.1, 0.15) is 25.7 Å². The molecule has 2 heteroatoms.